The van der Waals surface area contributed by atoms with E-state index in [0.717, 1.165) is 4.34 Å². The van der Waals surface area contributed by atoms with Crippen LogP contribution < -0.4 is 0 Å². The first-order chi connectivity index (χ1) is 2.89. The highest BCUT2D eigenvalue weighted by molar-refractivity contribution is 7.13. The molecule has 0 fully saturated rings. The summed E-state index contributed by atoms with van der Waals surface area (Å²) < 4.78 is 0.745. The smallest absolute Gasteiger partial charge is 0.113 e. The quantitative estimate of drug-likeness (QED) is 0.508. The molecule has 0 spiro atoms. The molecule has 1 heterocycles. The Morgan fingerprint density at radius 2 is 2.67 bits per heavy atom. The molecule has 0 bridgehead atoms. The molecule has 32 valence electrons. The van der Waals surface area contributed by atoms with Crippen LogP contribution in [0.25, 0.3) is 0 Å². The van der Waals surface area contributed by atoms with Crippen LogP contribution in [-0.2, 0) is 0 Å². The van der Waals surface area contributed by atoms with Gasteiger partial charge in [0.2, 0.25) is 0 Å². The van der Waals surface area contributed by atoms with E-state index in [2.05, 4.69) is 4.98 Å². The summed E-state index contributed by atoms with van der Waals surface area (Å²) in [7, 11) is 0. The van der Waals surface area contributed by atoms with E-state index in [1.165, 1.54) is 11.3 Å². The summed E-state index contributed by atoms with van der Waals surface area (Å²) in [6.07, 6.45) is 1.62. The van der Waals surface area contributed by atoms with Gasteiger partial charge in [0.15, 0.2) is 0 Å². The van der Waals surface area contributed by atoms with Crippen LogP contribution in [0.1, 0.15) is 0 Å². The number of nitrogens with zero attached hydrogens (tertiary/aromatic N) is 1. The summed E-state index contributed by atoms with van der Waals surface area (Å²) in [4.78, 5) is 3.71. The second-order valence-corrected chi connectivity index (χ2v) is 2.32. The standard InChI is InChI=1S/C3H2ClNS/c4-3-1-5-2-6-3/h1-2H. The van der Waals surface area contributed by atoms with E-state index in [1.807, 2.05) is 0 Å². The molecule has 1 aromatic rings. The van der Waals surface area contributed by atoms with E-state index in [-0.39, 0.29) is 0 Å². The minimum atomic E-state index is 0.745. The van der Waals surface area contributed by atoms with E-state index in [1.54, 1.807) is 11.7 Å². The number of hydrogen-bond acceptors (Lipinski definition) is 2. The molecule has 0 aliphatic carbocycles. The molecule has 0 unspecified atom stereocenters. The fourth-order valence-electron chi connectivity index (χ4n) is 0.200. The lowest BCUT2D eigenvalue weighted by molar-refractivity contribution is 1.43. The predicted octanol–water partition coefficient (Wildman–Crippen LogP) is 1.80. The Morgan fingerprint density at radius 1 is 1.83 bits per heavy atom. The van der Waals surface area contributed by atoms with Gasteiger partial charge in [0, 0.05) is 0 Å². The summed E-state index contributed by atoms with van der Waals surface area (Å²) in [5, 5.41) is 0. The van der Waals surface area contributed by atoms with Crippen LogP contribution in [0.15, 0.2) is 11.7 Å². The van der Waals surface area contributed by atoms with Crippen LogP contribution in [0.4, 0.5) is 0 Å². The van der Waals surface area contributed by atoms with Gasteiger partial charge in [-0.25, -0.2) is 0 Å². The molecule has 0 aliphatic heterocycles. The van der Waals surface area contributed by atoms with Crippen LogP contribution in [-0.4, -0.2) is 4.98 Å². The first kappa shape index (κ1) is 4.09. The summed E-state index contributed by atoms with van der Waals surface area (Å²) in [6, 6.07) is 0. The fourth-order valence-corrected chi connectivity index (χ4v) is 0.720. The lowest BCUT2D eigenvalue weighted by atomic mass is 11.0. The summed E-state index contributed by atoms with van der Waals surface area (Å²) in [5.41, 5.74) is 1.70. The van der Waals surface area contributed by atoms with Gasteiger partial charge in [0.05, 0.1) is 11.7 Å². The summed E-state index contributed by atoms with van der Waals surface area (Å²) >= 11 is 6.84. The molecule has 0 aromatic carbocycles. The molecule has 1 aromatic heterocycles. The van der Waals surface area contributed by atoms with Gasteiger partial charge in [-0.1, -0.05) is 11.6 Å². The average molecular weight is 120 g/mol. The molecule has 0 saturated carbocycles. The Labute approximate surface area is 44.6 Å². The highest BCUT2D eigenvalue weighted by Gasteiger charge is 1.79. The van der Waals surface area contributed by atoms with Crippen LogP contribution in [0.2, 0.25) is 4.34 Å². The van der Waals surface area contributed by atoms with Crippen molar-refractivity contribution in [2.45, 2.75) is 0 Å². The lowest BCUT2D eigenvalue weighted by Crippen LogP contribution is -1.41. The zero-order valence-corrected chi connectivity index (χ0v) is 4.46. The van der Waals surface area contributed by atoms with Crippen molar-refractivity contribution in [3.05, 3.63) is 16.0 Å². The van der Waals surface area contributed by atoms with Crippen molar-refractivity contribution < 1.29 is 0 Å². The third-order valence-electron chi connectivity index (χ3n) is 0.402. The van der Waals surface area contributed by atoms with E-state index < -0.39 is 0 Å². The molecule has 1 nitrogen and oxygen atoms in total. The number of rotatable bonds is 0. The van der Waals surface area contributed by atoms with Gasteiger partial charge in [-0.3, -0.25) is 4.98 Å². The first-order valence-electron chi connectivity index (χ1n) is 1.43. The maximum absolute atomic E-state index is 5.41. The lowest BCUT2D eigenvalue weighted by Gasteiger charge is -1.59. The molecular formula is C3H2ClNS. The van der Waals surface area contributed by atoms with Crippen LogP contribution >= 0.6 is 22.9 Å². The normalized spacial score (nSPS) is 8.83. The van der Waals surface area contributed by atoms with Gasteiger partial charge < -0.3 is 0 Å². The maximum atomic E-state index is 5.41. The molecule has 0 radical (unpaired) electrons. The van der Waals surface area contributed by atoms with Crippen molar-refractivity contribution in [1.29, 1.82) is 0 Å². The number of aromatic nitrogens is 1. The van der Waals surface area contributed by atoms with Crippen LogP contribution in [0.5, 0.6) is 0 Å². The third kappa shape index (κ3) is 0.698. The molecule has 0 N–H and O–H groups in total. The minimum Gasteiger partial charge on any atom is -0.252 e. The molecule has 0 saturated heterocycles. The van der Waals surface area contributed by atoms with Crippen molar-refractivity contribution in [2.24, 2.45) is 0 Å². The zero-order chi connectivity index (χ0) is 4.41. The van der Waals surface area contributed by atoms with Crippen LogP contribution in [0.3, 0.4) is 0 Å². The first-order valence-corrected chi connectivity index (χ1v) is 2.69. The van der Waals surface area contributed by atoms with Crippen LogP contribution in [0, 0.1) is 0 Å². The molecule has 0 aliphatic rings. The Morgan fingerprint density at radius 3 is 2.83 bits per heavy atom. The fraction of sp³-hybridized carbons (Fsp3) is 0. The maximum Gasteiger partial charge on any atom is 0.113 e. The van der Waals surface area contributed by atoms with Gasteiger partial charge in [-0.15, -0.1) is 11.3 Å². The summed E-state index contributed by atoms with van der Waals surface area (Å²) in [5.74, 6) is 0. The molecule has 6 heavy (non-hydrogen) atoms. The topological polar surface area (TPSA) is 12.9 Å². The second-order valence-electron chi connectivity index (χ2n) is 0.806. The van der Waals surface area contributed by atoms with Crippen molar-refractivity contribution in [3.63, 3.8) is 0 Å². The molecule has 0 atom stereocenters. The van der Waals surface area contributed by atoms with E-state index in [0.29, 0.717) is 0 Å². The Kier molecular flexibility index (Phi) is 1.08. The highest BCUT2D eigenvalue weighted by Crippen LogP contribution is 2.10. The van der Waals surface area contributed by atoms with Gasteiger partial charge in [0.1, 0.15) is 4.34 Å². The van der Waals surface area contributed by atoms with Gasteiger partial charge in [-0.05, 0) is 0 Å². The summed E-state index contributed by atoms with van der Waals surface area (Å²) in [6.45, 7) is 0. The second kappa shape index (κ2) is 1.58. The minimum absolute atomic E-state index is 0.745. The van der Waals surface area contributed by atoms with Gasteiger partial charge in [0.25, 0.3) is 0 Å². The van der Waals surface area contributed by atoms with E-state index in [4.69, 9.17) is 11.6 Å². The van der Waals surface area contributed by atoms with Crippen molar-refractivity contribution in [1.82, 2.24) is 4.98 Å². The number of halogens is 1. The van der Waals surface area contributed by atoms with Crippen molar-refractivity contribution in [2.75, 3.05) is 0 Å². The Balaban J connectivity index is 3.05. The van der Waals surface area contributed by atoms with Gasteiger partial charge in [-0.2, -0.15) is 0 Å². The van der Waals surface area contributed by atoms with E-state index >= 15 is 0 Å². The molecule has 3 heteroatoms. The zero-order valence-electron chi connectivity index (χ0n) is 2.89. The number of thiazole rings is 1. The van der Waals surface area contributed by atoms with E-state index in [9.17, 15) is 0 Å². The highest BCUT2D eigenvalue weighted by atomic mass is 35.5. The Hall–Kier alpha value is -0.0800. The number of hydrogen-bond donors (Lipinski definition) is 0. The largest absolute Gasteiger partial charge is 0.252 e. The SMILES string of the molecule is Clc1cncs1. The molecule has 0 amide bonds. The van der Waals surface area contributed by atoms with Gasteiger partial charge >= 0.3 is 0 Å². The molecule has 1 rings (SSSR count). The third-order valence-corrected chi connectivity index (χ3v) is 1.32. The van der Waals surface area contributed by atoms with Crippen molar-refractivity contribution in [3.8, 4) is 0 Å². The average Bonchev–Trinajstić information content (AvgIpc) is 1.86. The molecular weight excluding hydrogens is 118 g/mol. The van der Waals surface area contributed by atoms with Crippen molar-refractivity contribution >= 4 is 22.9 Å². The Bertz CT molecular complexity index is 114. The monoisotopic (exact) mass is 119 g/mol. The predicted molar refractivity (Wildman–Crippen MR) is 27.1 cm³/mol.